The molecular weight excluding hydrogens is 260 g/mol. The van der Waals surface area contributed by atoms with Gasteiger partial charge in [0, 0.05) is 5.75 Å². The SMILES string of the molecule is Cc1nnc(SCC2CCC(C(=O)NN)O2)s1. The summed E-state index contributed by atoms with van der Waals surface area (Å²) in [6, 6.07) is 0. The van der Waals surface area contributed by atoms with E-state index in [1.807, 2.05) is 6.92 Å². The Labute approximate surface area is 107 Å². The van der Waals surface area contributed by atoms with Crippen molar-refractivity contribution in [3.63, 3.8) is 0 Å². The molecule has 2 atom stereocenters. The standard InChI is InChI=1S/C9H14N4O2S2/c1-5-12-13-9(17-5)16-4-6-2-3-7(15-6)8(14)11-10/h6-7H,2-4,10H2,1H3,(H,11,14). The van der Waals surface area contributed by atoms with Crippen LogP contribution in [-0.2, 0) is 9.53 Å². The third kappa shape index (κ3) is 3.38. The molecule has 3 N–H and O–H groups in total. The number of amides is 1. The Morgan fingerprint density at radius 3 is 3.12 bits per heavy atom. The van der Waals surface area contributed by atoms with Crippen LogP contribution < -0.4 is 11.3 Å². The number of nitrogens with two attached hydrogens (primary N) is 1. The van der Waals surface area contributed by atoms with Crippen molar-refractivity contribution in [1.29, 1.82) is 0 Å². The van der Waals surface area contributed by atoms with Crippen LogP contribution in [0.15, 0.2) is 4.34 Å². The van der Waals surface area contributed by atoms with Crippen LogP contribution >= 0.6 is 23.1 Å². The molecule has 6 nitrogen and oxygen atoms in total. The number of hydrazine groups is 1. The molecule has 1 aromatic heterocycles. The molecule has 0 aromatic carbocycles. The number of rotatable bonds is 4. The van der Waals surface area contributed by atoms with E-state index in [1.165, 1.54) is 0 Å². The highest BCUT2D eigenvalue weighted by Gasteiger charge is 2.30. The molecule has 0 aliphatic carbocycles. The van der Waals surface area contributed by atoms with Gasteiger partial charge in [-0.2, -0.15) is 0 Å². The summed E-state index contributed by atoms with van der Waals surface area (Å²) in [5, 5.41) is 8.93. The van der Waals surface area contributed by atoms with Crippen LogP contribution in [0.3, 0.4) is 0 Å². The highest BCUT2D eigenvalue weighted by atomic mass is 32.2. The van der Waals surface area contributed by atoms with Crippen molar-refractivity contribution in [3.8, 4) is 0 Å². The van der Waals surface area contributed by atoms with Crippen molar-refractivity contribution in [2.24, 2.45) is 5.84 Å². The van der Waals surface area contributed by atoms with Gasteiger partial charge in [-0.1, -0.05) is 23.1 Å². The summed E-state index contributed by atoms with van der Waals surface area (Å²) in [5.41, 5.74) is 2.11. The van der Waals surface area contributed by atoms with Gasteiger partial charge in [-0.05, 0) is 19.8 Å². The van der Waals surface area contributed by atoms with E-state index >= 15 is 0 Å². The van der Waals surface area contributed by atoms with Crippen LogP contribution in [0.1, 0.15) is 17.8 Å². The fraction of sp³-hybridized carbons (Fsp3) is 0.667. The third-order valence-corrected chi connectivity index (χ3v) is 4.55. The van der Waals surface area contributed by atoms with Gasteiger partial charge in [-0.3, -0.25) is 10.2 Å². The van der Waals surface area contributed by atoms with Crippen LogP contribution in [0.2, 0.25) is 0 Å². The topological polar surface area (TPSA) is 90.1 Å². The Bertz CT molecular complexity index is 398. The van der Waals surface area contributed by atoms with E-state index < -0.39 is 6.10 Å². The first-order valence-electron chi connectivity index (χ1n) is 5.28. The molecular formula is C9H14N4O2S2. The van der Waals surface area contributed by atoms with Gasteiger partial charge in [-0.25, -0.2) is 5.84 Å². The lowest BCUT2D eigenvalue weighted by Gasteiger charge is -2.11. The van der Waals surface area contributed by atoms with Gasteiger partial charge in [0.1, 0.15) is 11.1 Å². The minimum Gasteiger partial charge on any atom is -0.364 e. The van der Waals surface area contributed by atoms with Crippen molar-refractivity contribution in [2.45, 2.75) is 36.3 Å². The van der Waals surface area contributed by atoms with Crippen LogP contribution in [0.25, 0.3) is 0 Å². The van der Waals surface area contributed by atoms with E-state index in [2.05, 4.69) is 15.6 Å². The van der Waals surface area contributed by atoms with E-state index in [0.29, 0.717) is 0 Å². The quantitative estimate of drug-likeness (QED) is 0.359. The van der Waals surface area contributed by atoms with Crippen LogP contribution in [0, 0.1) is 6.92 Å². The molecule has 94 valence electrons. The first kappa shape index (κ1) is 12.7. The van der Waals surface area contributed by atoms with E-state index in [0.717, 1.165) is 27.9 Å². The molecule has 0 spiro atoms. The molecule has 1 amide bonds. The number of nitrogens with zero attached hydrogens (tertiary/aromatic N) is 2. The van der Waals surface area contributed by atoms with Gasteiger partial charge in [0.05, 0.1) is 6.10 Å². The van der Waals surface area contributed by atoms with Gasteiger partial charge in [0.25, 0.3) is 5.91 Å². The number of hydrogen-bond donors (Lipinski definition) is 2. The molecule has 1 aromatic rings. The Morgan fingerprint density at radius 2 is 2.47 bits per heavy atom. The lowest BCUT2D eigenvalue weighted by molar-refractivity contribution is -0.131. The molecule has 2 heterocycles. The molecule has 0 radical (unpaired) electrons. The van der Waals surface area contributed by atoms with E-state index in [1.54, 1.807) is 23.1 Å². The summed E-state index contributed by atoms with van der Waals surface area (Å²) in [6.07, 6.45) is 1.29. The fourth-order valence-corrected chi connectivity index (χ4v) is 3.51. The fourth-order valence-electron chi connectivity index (χ4n) is 1.62. The molecule has 1 fully saturated rings. The third-order valence-electron chi connectivity index (χ3n) is 2.44. The smallest absolute Gasteiger partial charge is 0.263 e. The predicted octanol–water partition coefficient (Wildman–Crippen LogP) is 0.476. The van der Waals surface area contributed by atoms with Crippen molar-refractivity contribution in [1.82, 2.24) is 15.6 Å². The van der Waals surface area contributed by atoms with Crippen molar-refractivity contribution in [2.75, 3.05) is 5.75 Å². The molecule has 0 saturated carbocycles. The number of hydrogen-bond acceptors (Lipinski definition) is 7. The second-order valence-electron chi connectivity index (χ2n) is 3.73. The zero-order valence-corrected chi connectivity index (χ0v) is 11.0. The summed E-state index contributed by atoms with van der Waals surface area (Å²) in [6.45, 7) is 1.93. The minimum atomic E-state index is -0.401. The highest BCUT2D eigenvalue weighted by molar-refractivity contribution is 8.01. The predicted molar refractivity (Wildman–Crippen MR) is 65.6 cm³/mol. The van der Waals surface area contributed by atoms with Gasteiger partial charge in [-0.15, -0.1) is 10.2 Å². The Hall–Kier alpha value is -0.700. The van der Waals surface area contributed by atoms with Crippen LogP contribution in [0.4, 0.5) is 0 Å². The number of carbonyl (C=O) groups excluding carboxylic acids is 1. The monoisotopic (exact) mass is 274 g/mol. The first-order chi connectivity index (χ1) is 8.19. The van der Waals surface area contributed by atoms with Gasteiger partial charge < -0.3 is 4.74 Å². The number of thioether (sulfide) groups is 1. The summed E-state index contributed by atoms with van der Waals surface area (Å²) in [7, 11) is 0. The van der Waals surface area contributed by atoms with Crippen LogP contribution in [-0.4, -0.2) is 34.1 Å². The normalized spacial score (nSPS) is 23.9. The second kappa shape index (κ2) is 5.76. The lowest BCUT2D eigenvalue weighted by Crippen LogP contribution is -2.39. The summed E-state index contributed by atoms with van der Waals surface area (Å²) in [4.78, 5) is 11.2. The molecule has 1 saturated heterocycles. The summed E-state index contributed by atoms with van der Waals surface area (Å²) >= 11 is 3.19. The van der Waals surface area contributed by atoms with E-state index in [-0.39, 0.29) is 12.0 Å². The Morgan fingerprint density at radius 1 is 1.65 bits per heavy atom. The first-order valence-corrected chi connectivity index (χ1v) is 7.08. The molecule has 2 unspecified atom stereocenters. The Balaban J connectivity index is 1.76. The highest BCUT2D eigenvalue weighted by Crippen LogP contribution is 2.28. The number of aryl methyl sites for hydroxylation is 1. The summed E-state index contributed by atoms with van der Waals surface area (Å²) < 4.78 is 6.53. The second-order valence-corrected chi connectivity index (χ2v) is 6.18. The molecule has 8 heteroatoms. The summed E-state index contributed by atoms with van der Waals surface area (Å²) in [5.74, 6) is 5.61. The Kier molecular flexibility index (Phi) is 4.32. The van der Waals surface area contributed by atoms with Crippen molar-refractivity contribution in [3.05, 3.63) is 5.01 Å². The molecule has 0 bridgehead atoms. The number of aromatic nitrogens is 2. The zero-order valence-electron chi connectivity index (χ0n) is 9.38. The lowest BCUT2D eigenvalue weighted by atomic mass is 10.2. The minimum absolute atomic E-state index is 0.0894. The average Bonchev–Trinajstić information content (AvgIpc) is 2.94. The van der Waals surface area contributed by atoms with E-state index in [4.69, 9.17) is 10.6 Å². The van der Waals surface area contributed by atoms with Crippen molar-refractivity contribution < 1.29 is 9.53 Å². The number of ether oxygens (including phenoxy) is 1. The molecule has 2 rings (SSSR count). The maximum Gasteiger partial charge on any atom is 0.263 e. The average molecular weight is 274 g/mol. The maximum atomic E-state index is 11.2. The van der Waals surface area contributed by atoms with Crippen molar-refractivity contribution >= 4 is 29.0 Å². The molecule has 1 aliphatic heterocycles. The number of carbonyl (C=O) groups is 1. The van der Waals surface area contributed by atoms with Crippen LogP contribution in [0.5, 0.6) is 0 Å². The van der Waals surface area contributed by atoms with E-state index in [9.17, 15) is 4.79 Å². The number of nitrogens with one attached hydrogen (secondary N) is 1. The largest absolute Gasteiger partial charge is 0.364 e. The van der Waals surface area contributed by atoms with Gasteiger partial charge in [0.15, 0.2) is 4.34 Å². The molecule has 1 aliphatic rings. The maximum absolute atomic E-state index is 11.2. The van der Waals surface area contributed by atoms with Gasteiger partial charge >= 0.3 is 0 Å². The molecule has 17 heavy (non-hydrogen) atoms. The zero-order chi connectivity index (χ0) is 12.3. The van der Waals surface area contributed by atoms with Gasteiger partial charge in [0.2, 0.25) is 0 Å².